The van der Waals surface area contributed by atoms with Crippen molar-refractivity contribution in [3.8, 4) is 0 Å². The molecule has 0 fully saturated rings. The van der Waals surface area contributed by atoms with Crippen LogP contribution in [0.3, 0.4) is 0 Å². The number of hydrogen-bond donors (Lipinski definition) is 2. The SMILES string of the molecule is Cc1[nH]c(=O)[nH]c(=O)c1N1C(=O)c2ccccc2C1=O. The minimum atomic E-state index is -0.777. The molecule has 20 heavy (non-hydrogen) atoms. The first-order valence-electron chi connectivity index (χ1n) is 5.81. The van der Waals surface area contributed by atoms with E-state index in [4.69, 9.17) is 0 Å². The third-order valence-corrected chi connectivity index (χ3v) is 3.12. The maximum atomic E-state index is 12.3. The summed E-state index contributed by atoms with van der Waals surface area (Å²) in [7, 11) is 0. The van der Waals surface area contributed by atoms with Gasteiger partial charge in [0.25, 0.3) is 17.4 Å². The van der Waals surface area contributed by atoms with Crippen molar-refractivity contribution in [3.05, 3.63) is 61.9 Å². The number of H-pyrrole nitrogens is 2. The van der Waals surface area contributed by atoms with Crippen molar-refractivity contribution >= 4 is 17.5 Å². The molecule has 0 unspecified atom stereocenters. The van der Waals surface area contributed by atoms with Gasteiger partial charge >= 0.3 is 5.69 Å². The van der Waals surface area contributed by atoms with Gasteiger partial charge in [-0.15, -0.1) is 0 Å². The molecule has 100 valence electrons. The third kappa shape index (κ3) is 1.53. The lowest BCUT2D eigenvalue weighted by molar-refractivity contribution is 0.0925. The first-order chi connectivity index (χ1) is 9.50. The van der Waals surface area contributed by atoms with Crippen LogP contribution in [0, 0.1) is 6.92 Å². The molecule has 1 aliphatic heterocycles. The van der Waals surface area contributed by atoms with Crippen LogP contribution in [0.15, 0.2) is 33.9 Å². The maximum Gasteiger partial charge on any atom is 0.326 e. The number of carbonyl (C=O) groups excluding carboxylic acids is 2. The van der Waals surface area contributed by atoms with Crippen LogP contribution >= 0.6 is 0 Å². The Hall–Kier alpha value is -2.96. The fourth-order valence-electron chi connectivity index (χ4n) is 2.25. The lowest BCUT2D eigenvalue weighted by atomic mass is 10.1. The van der Waals surface area contributed by atoms with Gasteiger partial charge in [0.1, 0.15) is 5.69 Å². The van der Waals surface area contributed by atoms with Crippen molar-refractivity contribution in [1.82, 2.24) is 9.97 Å². The minimum absolute atomic E-state index is 0.157. The molecule has 0 atom stereocenters. The highest BCUT2D eigenvalue weighted by Gasteiger charge is 2.38. The maximum absolute atomic E-state index is 12.3. The van der Waals surface area contributed by atoms with Gasteiger partial charge in [-0.05, 0) is 19.1 Å². The van der Waals surface area contributed by atoms with Crippen LogP contribution in [0.5, 0.6) is 0 Å². The van der Waals surface area contributed by atoms with E-state index < -0.39 is 23.1 Å². The van der Waals surface area contributed by atoms with Gasteiger partial charge in [-0.1, -0.05) is 12.1 Å². The molecule has 7 heteroatoms. The smallest absolute Gasteiger partial charge is 0.309 e. The highest BCUT2D eigenvalue weighted by atomic mass is 16.2. The molecule has 0 spiro atoms. The second kappa shape index (κ2) is 4.02. The Morgan fingerprint density at radius 3 is 1.95 bits per heavy atom. The molecule has 0 saturated carbocycles. The summed E-state index contributed by atoms with van der Waals surface area (Å²) in [4.78, 5) is 52.7. The van der Waals surface area contributed by atoms with Crippen LogP contribution in [0.25, 0.3) is 0 Å². The topological polar surface area (TPSA) is 103 Å². The fourth-order valence-corrected chi connectivity index (χ4v) is 2.25. The van der Waals surface area contributed by atoms with E-state index in [0.717, 1.165) is 4.90 Å². The van der Waals surface area contributed by atoms with E-state index in [1.807, 2.05) is 4.98 Å². The first kappa shape index (κ1) is 12.1. The van der Waals surface area contributed by atoms with Crippen LogP contribution in [0.4, 0.5) is 5.69 Å². The zero-order chi connectivity index (χ0) is 14.4. The van der Waals surface area contributed by atoms with Gasteiger partial charge in [0.05, 0.1) is 11.1 Å². The Morgan fingerprint density at radius 1 is 0.900 bits per heavy atom. The second-order valence-electron chi connectivity index (χ2n) is 4.37. The molecule has 7 nitrogen and oxygen atoms in total. The number of rotatable bonds is 1. The Balaban J connectivity index is 2.25. The largest absolute Gasteiger partial charge is 0.326 e. The number of imide groups is 1. The molecule has 0 saturated heterocycles. The lowest BCUT2D eigenvalue weighted by Gasteiger charge is -2.14. The fraction of sp³-hybridized carbons (Fsp3) is 0.0769. The number of aryl methyl sites for hydroxylation is 1. The van der Waals surface area contributed by atoms with E-state index >= 15 is 0 Å². The predicted octanol–water partition coefficient (Wildman–Crippen LogP) is 0.172. The summed E-state index contributed by atoms with van der Waals surface area (Å²) >= 11 is 0. The van der Waals surface area contributed by atoms with Crippen molar-refractivity contribution in [1.29, 1.82) is 0 Å². The van der Waals surface area contributed by atoms with E-state index in [2.05, 4.69) is 4.98 Å². The number of nitrogens with one attached hydrogen (secondary N) is 2. The monoisotopic (exact) mass is 271 g/mol. The number of hydrogen-bond acceptors (Lipinski definition) is 4. The van der Waals surface area contributed by atoms with Crippen LogP contribution in [0.1, 0.15) is 26.4 Å². The van der Waals surface area contributed by atoms with Gasteiger partial charge < -0.3 is 4.98 Å². The molecule has 1 aliphatic rings. The standard InChI is InChI=1S/C13H9N3O4/c1-6-9(10(17)15-13(20)14-6)16-11(18)7-4-2-3-5-8(7)12(16)19/h2-5H,1H3,(H2,14,15,17,20). The second-order valence-corrected chi connectivity index (χ2v) is 4.37. The average molecular weight is 271 g/mol. The van der Waals surface area contributed by atoms with Crippen molar-refractivity contribution in [3.63, 3.8) is 0 Å². The molecule has 0 bridgehead atoms. The van der Waals surface area contributed by atoms with Gasteiger partial charge in [-0.25, -0.2) is 9.69 Å². The van der Waals surface area contributed by atoms with Gasteiger partial charge in [0.15, 0.2) is 0 Å². The zero-order valence-electron chi connectivity index (χ0n) is 10.4. The summed E-state index contributed by atoms with van der Waals surface area (Å²) in [6.45, 7) is 1.45. The van der Waals surface area contributed by atoms with Crippen molar-refractivity contribution in [2.75, 3.05) is 4.90 Å². The first-order valence-corrected chi connectivity index (χ1v) is 5.81. The normalized spacial score (nSPS) is 13.8. The quantitative estimate of drug-likeness (QED) is 0.721. The number of fused-ring (bicyclic) bond motifs is 1. The van der Waals surface area contributed by atoms with Gasteiger partial charge in [0.2, 0.25) is 0 Å². The molecule has 2 N–H and O–H groups in total. The summed E-state index contributed by atoms with van der Waals surface area (Å²) < 4.78 is 0. The van der Waals surface area contributed by atoms with E-state index in [-0.39, 0.29) is 22.5 Å². The number of nitrogens with zero attached hydrogens (tertiary/aromatic N) is 1. The van der Waals surface area contributed by atoms with Gasteiger partial charge in [0, 0.05) is 5.69 Å². The van der Waals surface area contributed by atoms with Gasteiger partial charge in [-0.2, -0.15) is 0 Å². The average Bonchev–Trinajstić information content (AvgIpc) is 2.64. The molecule has 2 amide bonds. The Bertz CT molecular complexity index is 827. The van der Waals surface area contributed by atoms with E-state index in [0.29, 0.717) is 0 Å². The number of anilines is 1. The number of aromatic nitrogens is 2. The van der Waals surface area contributed by atoms with Crippen LogP contribution < -0.4 is 16.1 Å². The van der Waals surface area contributed by atoms with E-state index in [9.17, 15) is 19.2 Å². The minimum Gasteiger partial charge on any atom is -0.309 e. The highest BCUT2D eigenvalue weighted by molar-refractivity contribution is 6.34. The molecule has 2 aromatic rings. The highest BCUT2D eigenvalue weighted by Crippen LogP contribution is 2.26. The molecule has 3 rings (SSSR count). The Kier molecular flexibility index (Phi) is 2.43. The predicted molar refractivity (Wildman–Crippen MR) is 70.0 cm³/mol. The summed E-state index contributed by atoms with van der Waals surface area (Å²) in [6.07, 6.45) is 0. The van der Waals surface area contributed by atoms with Crippen molar-refractivity contribution in [2.24, 2.45) is 0 Å². The molecule has 1 aromatic carbocycles. The number of aromatic amines is 2. The molecular formula is C13H9N3O4. The molecule has 0 radical (unpaired) electrons. The van der Waals surface area contributed by atoms with Crippen LogP contribution in [-0.2, 0) is 0 Å². The Labute approximate surface area is 111 Å². The molecule has 1 aromatic heterocycles. The summed E-state index contributed by atoms with van der Waals surface area (Å²) in [6, 6.07) is 6.31. The third-order valence-electron chi connectivity index (χ3n) is 3.12. The summed E-state index contributed by atoms with van der Waals surface area (Å²) in [5.41, 5.74) is -0.984. The molecular weight excluding hydrogens is 262 g/mol. The molecule has 0 aliphatic carbocycles. The number of amides is 2. The zero-order valence-corrected chi connectivity index (χ0v) is 10.4. The van der Waals surface area contributed by atoms with Gasteiger partial charge in [-0.3, -0.25) is 19.4 Å². The summed E-state index contributed by atoms with van der Waals surface area (Å²) in [5.74, 6) is -1.16. The molecule has 2 heterocycles. The number of benzene rings is 1. The van der Waals surface area contributed by atoms with Crippen LogP contribution in [-0.4, -0.2) is 21.8 Å². The van der Waals surface area contributed by atoms with Crippen molar-refractivity contribution < 1.29 is 9.59 Å². The summed E-state index contributed by atoms with van der Waals surface area (Å²) in [5, 5.41) is 0. The van der Waals surface area contributed by atoms with E-state index in [1.165, 1.54) is 19.1 Å². The van der Waals surface area contributed by atoms with Crippen LogP contribution in [0.2, 0.25) is 0 Å². The lowest BCUT2D eigenvalue weighted by Crippen LogP contribution is -2.38. The van der Waals surface area contributed by atoms with Crippen molar-refractivity contribution in [2.45, 2.75) is 6.92 Å². The Morgan fingerprint density at radius 2 is 1.45 bits per heavy atom. The number of carbonyl (C=O) groups is 2. The van der Waals surface area contributed by atoms with E-state index in [1.54, 1.807) is 12.1 Å².